The van der Waals surface area contributed by atoms with E-state index >= 15 is 0 Å². The zero-order valence-electron chi connectivity index (χ0n) is 11.2. The summed E-state index contributed by atoms with van der Waals surface area (Å²) in [4.78, 5) is 10.8. The van der Waals surface area contributed by atoms with Gasteiger partial charge in [-0.15, -0.1) is 0 Å². The molecule has 1 N–H and O–H groups in total. The van der Waals surface area contributed by atoms with Gasteiger partial charge in [0.2, 0.25) is 0 Å². The van der Waals surface area contributed by atoms with Crippen molar-refractivity contribution >= 4 is 16.9 Å². The van der Waals surface area contributed by atoms with E-state index in [0.717, 1.165) is 16.5 Å². The summed E-state index contributed by atoms with van der Waals surface area (Å²) in [6, 6.07) is 16.5. The lowest BCUT2D eigenvalue weighted by Gasteiger charge is -2.05. The van der Waals surface area contributed by atoms with Gasteiger partial charge in [-0.2, -0.15) is 0 Å². The number of carboxylic acids is 1. The SMILES string of the molecule is Cc1ccc(-c2ccc3c(ccn3CC(=O)O)c2)cc1. The lowest BCUT2D eigenvalue weighted by molar-refractivity contribution is -0.137. The minimum Gasteiger partial charge on any atom is -0.480 e. The maximum atomic E-state index is 10.8. The molecule has 0 saturated heterocycles. The van der Waals surface area contributed by atoms with E-state index in [4.69, 9.17) is 5.11 Å². The maximum absolute atomic E-state index is 10.8. The summed E-state index contributed by atoms with van der Waals surface area (Å²) < 4.78 is 1.75. The fraction of sp³-hybridized carbons (Fsp3) is 0.118. The molecule has 2 aromatic carbocycles. The van der Waals surface area contributed by atoms with Gasteiger partial charge in [0.25, 0.3) is 0 Å². The Morgan fingerprint density at radius 2 is 1.75 bits per heavy atom. The third-order valence-corrected chi connectivity index (χ3v) is 3.46. The van der Waals surface area contributed by atoms with Crippen LogP contribution in [-0.2, 0) is 11.3 Å². The molecule has 0 atom stereocenters. The van der Waals surface area contributed by atoms with Crippen molar-refractivity contribution < 1.29 is 9.90 Å². The Labute approximate surface area is 117 Å². The first-order valence-corrected chi connectivity index (χ1v) is 6.51. The normalized spacial score (nSPS) is 10.8. The first kappa shape index (κ1) is 12.5. The van der Waals surface area contributed by atoms with Crippen molar-refractivity contribution in [3.8, 4) is 11.1 Å². The van der Waals surface area contributed by atoms with Crippen molar-refractivity contribution in [2.24, 2.45) is 0 Å². The van der Waals surface area contributed by atoms with E-state index in [1.54, 1.807) is 4.57 Å². The third kappa shape index (κ3) is 2.30. The molecule has 0 aliphatic carbocycles. The molecule has 100 valence electrons. The van der Waals surface area contributed by atoms with E-state index in [-0.39, 0.29) is 6.54 Å². The number of fused-ring (bicyclic) bond motifs is 1. The van der Waals surface area contributed by atoms with Gasteiger partial charge in [0.15, 0.2) is 0 Å². The molecule has 20 heavy (non-hydrogen) atoms. The smallest absolute Gasteiger partial charge is 0.323 e. The third-order valence-electron chi connectivity index (χ3n) is 3.46. The molecule has 3 rings (SSSR count). The molecule has 3 aromatic rings. The first-order chi connectivity index (χ1) is 9.63. The molecule has 0 bridgehead atoms. The molecule has 1 heterocycles. The fourth-order valence-electron chi connectivity index (χ4n) is 2.41. The monoisotopic (exact) mass is 265 g/mol. The highest BCUT2D eigenvalue weighted by atomic mass is 16.4. The predicted octanol–water partition coefficient (Wildman–Crippen LogP) is 3.70. The number of nitrogens with zero attached hydrogens (tertiary/aromatic N) is 1. The average molecular weight is 265 g/mol. The number of benzene rings is 2. The summed E-state index contributed by atoms with van der Waals surface area (Å²) in [5.41, 5.74) is 4.50. The van der Waals surface area contributed by atoms with Crippen LogP contribution in [0.1, 0.15) is 5.56 Å². The topological polar surface area (TPSA) is 42.2 Å². The van der Waals surface area contributed by atoms with Crippen LogP contribution in [-0.4, -0.2) is 15.6 Å². The Morgan fingerprint density at radius 3 is 2.45 bits per heavy atom. The zero-order chi connectivity index (χ0) is 14.1. The number of aromatic nitrogens is 1. The van der Waals surface area contributed by atoms with Gasteiger partial charge < -0.3 is 9.67 Å². The highest BCUT2D eigenvalue weighted by Crippen LogP contribution is 2.25. The van der Waals surface area contributed by atoms with Crippen LogP contribution in [0.4, 0.5) is 0 Å². The summed E-state index contributed by atoms with van der Waals surface area (Å²) in [5.74, 6) is -0.829. The van der Waals surface area contributed by atoms with Gasteiger partial charge in [0, 0.05) is 17.1 Å². The maximum Gasteiger partial charge on any atom is 0.323 e. The van der Waals surface area contributed by atoms with Gasteiger partial charge in [0.1, 0.15) is 6.54 Å². The molecule has 0 aliphatic heterocycles. The summed E-state index contributed by atoms with van der Waals surface area (Å²) in [6.45, 7) is 2.06. The molecule has 0 radical (unpaired) electrons. The van der Waals surface area contributed by atoms with Gasteiger partial charge in [-0.1, -0.05) is 35.9 Å². The van der Waals surface area contributed by atoms with Gasteiger partial charge in [-0.25, -0.2) is 0 Å². The summed E-state index contributed by atoms with van der Waals surface area (Å²) in [5, 5.41) is 9.94. The van der Waals surface area contributed by atoms with Crippen LogP contribution in [0.2, 0.25) is 0 Å². The quantitative estimate of drug-likeness (QED) is 0.784. The van der Waals surface area contributed by atoms with Crippen LogP contribution < -0.4 is 0 Å². The molecule has 0 amide bonds. The Balaban J connectivity index is 2.03. The molecule has 0 spiro atoms. The van der Waals surface area contributed by atoms with Gasteiger partial charge >= 0.3 is 5.97 Å². The van der Waals surface area contributed by atoms with Crippen LogP contribution in [0.25, 0.3) is 22.0 Å². The summed E-state index contributed by atoms with van der Waals surface area (Å²) in [6.07, 6.45) is 1.82. The van der Waals surface area contributed by atoms with Crippen LogP contribution >= 0.6 is 0 Å². The number of hydrogen-bond donors (Lipinski definition) is 1. The second kappa shape index (κ2) is 4.85. The Bertz CT molecular complexity index is 769. The molecule has 0 unspecified atom stereocenters. The number of aryl methyl sites for hydroxylation is 1. The molecule has 3 heteroatoms. The van der Waals surface area contributed by atoms with Crippen LogP contribution in [0.3, 0.4) is 0 Å². The number of hydrogen-bond acceptors (Lipinski definition) is 1. The predicted molar refractivity (Wildman–Crippen MR) is 79.7 cm³/mol. The lowest BCUT2D eigenvalue weighted by Crippen LogP contribution is -2.06. The van der Waals surface area contributed by atoms with E-state index in [1.807, 2.05) is 24.4 Å². The van der Waals surface area contributed by atoms with Crippen molar-refractivity contribution in [1.82, 2.24) is 4.57 Å². The first-order valence-electron chi connectivity index (χ1n) is 6.51. The highest BCUT2D eigenvalue weighted by molar-refractivity contribution is 5.86. The van der Waals surface area contributed by atoms with Crippen LogP contribution in [0.5, 0.6) is 0 Å². The molecular weight excluding hydrogens is 250 g/mol. The van der Waals surface area contributed by atoms with E-state index in [0.29, 0.717) is 0 Å². The van der Waals surface area contributed by atoms with Gasteiger partial charge in [-0.05, 0) is 36.2 Å². The van der Waals surface area contributed by atoms with Crippen molar-refractivity contribution in [1.29, 1.82) is 0 Å². The lowest BCUT2D eigenvalue weighted by atomic mass is 10.0. The zero-order valence-corrected chi connectivity index (χ0v) is 11.2. The van der Waals surface area contributed by atoms with Gasteiger partial charge in [-0.3, -0.25) is 4.79 Å². The average Bonchev–Trinajstić information content (AvgIpc) is 2.81. The van der Waals surface area contributed by atoms with E-state index in [1.165, 1.54) is 11.1 Å². The molecule has 1 aromatic heterocycles. The number of rotatable bonds is 3. The number of carbonyl (C=O) groups is 1. The molecule has 0 saturated carbocycles. The Morgan fingerprint density at radius 1 is 1.05 bits per heavy atom. The number of carboxylic acid groups (broad SMARTS) is 1. The van der Waals surface area contributed by atoms with E-state index in [2.05, 4.69) is 37.3 Å². The molecule has 0 aliphatic rings. The largest absolute Gasteiger partial charge is 0.480 e. The second-order valence-electron chi connectivity index (χ2n) is 4.98. The Kier molecular flexibility index (Phi) is 3.03. The van der Waals surface area contributed by atoms with Crippen molar-refractivity contribution in [3.63, 3.8) is 0 Å². The minimum absolute atomic E-state index is 0.00657. The van der Waals surface area contributed by atoms with Crippen LogP contribution in [0.15, 0.2) is 54.7 Å². The van der Waals surface area contributed by atoms with Crippen LogP contribution in [0, 0.1) is 6.92 Å². The summed E-state index contributed by atoms with van der Waals surface area (Å²) in [7, 11) is 0. The van der Waals surface area contributed by atoms with Gasteiger partial charge in [0.05, 0.1) is 0 Å². The standard InChI is InChI=1S/C17H15NO2/c1-12-2-4-13(5-3-12)14-6-7-16-15(10-14)8-9-18(16)11-17(19)20/h2-10H,11H2,1H3,(H,19,20). The molecular formula is C17H15NO2. The molecule has 0 fully saturated rings. The van der Waals surface area contributed by atoms with E-state index < -0.39 is 5.97 Å². The highest BCUT2D eigenvalue weighted by Gasteiger charge is 2.06. The van der Waals surface area contributed by atoms with Crippen molar-refractivity contribution in [2.75, 3.05) is 0 Å². The Hall–Kier alpha value is -2.55. The molecule has 3 nitrogen and oxygen atoms in total. The minimum atomic E-state index is -0.829. The number of aliphatic carboxylic acids is 1. The fourth-order valence-corrected chi connectivity index (χ4v) is 2.41. The van der Waals surface area contributed by atoms with Crippen molar-refractivity contribution in [2.45, 2.75) is 13.5 Å². The van der Waals surface area contributed by atoms with Crippen molar-refractivity contribution in [3.05, 3.63) is 60.3 Å². The van der Waals surface area contributed by atoms with E-state index in [9.17, 15) is 4.79 Å². The second-order valence-corrected chi connectivity index (χ2v) is 4.98. The summed E-state index contributed by atoms with van der Waals surface area (Å²) >= 11 is 0.